The fourth-order valence-electron chi connectivity index (χ4n) is 3.61. The Morgan fingerprint density at radius 1 is 1.32 bits per heavy atom. The van der Waals surface area contributed by atoms with E-state index in [-0.39, 0.29) is 11.7 Å². The van der Waals surface area contributed by atoms with Gasteiger partial charge in [-0.3, -0.25) is 9.89 Å². The molecule has 4 aromatic rings. The van der Waals surface area contributed by atoms with Crippen molar-refractivity contribution in [1.29, 1.82) is 0 Å². The quantitative estimate of drug-likeness (QED) is 0.535. The Morgan fingerprint density at radius 2 is 2.21 bits per heavy atom. The van der Waals surface area contributed by atoms with Crippen molar-refractivity contribution in [3.05, 3.63) is 53.8 Å². The highest BCUT2D eigenvalue weighted by molar-refractivity contribution is 7.22. The smallest absolute Gasteiger partial charge is 0.254 e. The van der Waals surface area contributed by atoms with E-state index in [4.69, 9.17) is 4.74 Å². The molecule has 5 nitrogen and oxygen atoms in total. The van der Waals surface area contributed by atoms with Gasteiger partial charge in [-0.15, -0.1) is 11.3 Å². The van der Waals surface area contributed by atoms with Crippen molar-refractivity contribution in [1.82, 2.24) is 15.5 Å². The van der Waals surface area contributed by atoms with Gasteiger partial charge in [0.2, 0.25) is 0 Å². The average Bonchev–Trinajstić information content (AvgIpc) is 3.43. The summed E-state index contributed by atoms with van der Waals surface area (Å²) in [6.07, 6.45) is 1.92. The summed E-state index contributed by atoms with van der Waals surface area (Å²) in [6.45, 7) is 1.11. The topological polar surface area (TPSA) is 67.0 Å². The van der Waals surface area contributed by atoms with E-state index in [1.807, 2.05) is 18.2 Å². The summed E-state index contributed by atoms with van der Waals surface area (Å²) in [6, 6.07) is 13.1. The minimum absolute atomic E-state index is 0.0128. The number of ether oxygens (including phenoxy) is 1. The lowest BCUT2D eigenvalue weighted by molar-refractivity contribution is 0.0854. The van der Waals surface area contributed by atoms with Crippen molar-refractivity contribution >= 4 is 38.2 Å². The van der Waals surface area contributed by atoms with Crippen molar-refractivity contribution in [3.8, 4) is 10.6 Å². The number of aromatic nitrogens is 2. The number of aromatic amines is 1. The molecule has 142 valence electrons. The van der Waals surface area contributed by atoms with Gasteiger partial charge in [-0.2, -0.15) is 5.10 Å². The number of hydrogen-bond donors (Lipinski definition) is 2. The largest absolute Gasteiger partial charge is 0.376 e. The van der Waals surface area contributed by atoms with E-state index in [0.29, 0.717) is 18.7 Å². The summed E-state index contributed by atoms with van der Waals surface area (Å²) in [5, 5.41) is 11.9. The number of thiophene rings is 1. The SMILES string of the molecule is O=C(NCC1CCCO1)c1cc2c(-c3cc4ccccc4s3)n[nH]c2cc1F. The maximum absolute atomic E-state index is 14.5. The summed E-state index contributed by atoms with van der Waals surface area (Å²) < 4.78 is 21.2. The number of fused-ring (bicyclic) bond motifs is 2. The molecule has 1 unspecified atom stereocenters. The van der Waals surface area contributed by atoms with Gasteiger partial charge in [0.15, 0.2) is 0 Å². The molecule has 28 heavy (non-hydrogen) atoms. The minimum Gasteiger partial charge on any atom is -0.376 e. The maximum Gasteiger partial charge on any atom is 0.254 e. The zero-order valence-electron chi connectivity index (χ0n) is 15.0. The first-order valence-electron chi connectivity index (χ1n) is 9.25. The monoisotopic (exact) mass is 395 g/mol. The van der Waals surface area contributed by atoms with Crippen LogP contribution in [0.5, 0.6) is 0 Å². The Labute approximate surface area is 164 Å². The molecule has 5 rings (SSSR count). The van der Waals surface area contributed by atoms with E-state index in [0.717, 1.165) is 38.9 Å². The molecule has 1 aliphatic rings. The summed E-state index contributed by atoms with van der Waals surface area (Å²) in [7, 11) is 0. The Bertz CT molecular complexity index is 1140. The number of benzene rings is 2. The molecular weight excluding hydrogens is 377 g/mol. The molecule has 2 aromatic heterocycles. The number of carbonyl (C=O) groups excluding carboxylic acids is 1. The molecule has 0 radical (unpaired) electrons. The third-order valence-electron chi connectivity index (χ3n) is 5.07. The molecule has 7 heteroatoms. The average molecular weight is 395 g/mol. The van der Waals surface area contributed by atoms with Gasteiger partial charge in [0, 0.05) is 29.3 Å². The number of carbonyl (C=O) groups is 1. The number of halogens is 1. The Hall–Kier alpha value is -2.77. The van der Waals surface area contributed by atoms with Gasteiger partial charge >= 0.3 is 0 Å². The van der Waals surface area contributed by atoms with Crippen LogP contribution in [0.2, 0.25) is 0 Å². The molecule has 1 amide bonds. The molecule has 0 spiro atoms. The first-order valence-corrected chi connectivity index (χ1v) is 10.1. The maximum atomic E-state index is 14.5. The predicted octanol–water partition coefficient (Wildman–Crippen LogP) is 4.49. The molecule has 2 aromatic carbocycles. The third-order valence-corrected chi connectivity index (χ3v) is 6.19. The van der Waals surface area contributed by atoms with Gasteiger partial charge in [0.25, 0.3) is 5.91 Å². The van der Waals surface area contributed by atoms with Crippen LogP contribution < -0.4 is 5.32 Å². The van der Waals surface area contributed by atoms with Crippen molar-refractivity contribution in [2.24, 2.45) is 0 Å². The van der Waals surface area contributed by atoms with Crippen LogP contribution in [0.3, 0.4) is 0 Å². The highest BCUT2D eigenvalue weighted by atomic mass is 32.1. The fraction of sp³-hybridized carbons (Fsp3) is 0.238. The van der Waals surface area contributed by atoms with Crippen LogP contribution in [0.4, 0.5) is 4.39 Å². The molecule has 1 atom stereocenters. The number of rotatable bonds is 4. The summed E-state index contributed by atoms with van der Waals surface area (Å²) in [5.74, 6) is -0.998. The first kappa shape index (κ1) is 17.3. The van der Waals surface area contributed by atoms with Crippen molar-refractivity contribution < 1.29 is 13.9 Å². The molecule has 0 aliphatic carbocycles. The van der Waals surface area contributed by atoms with Gasteiger partial charge in [0.1, 0.15) is 11.5 Å². The van der Waals surface area contributed by atoms with Crippen LogP contribution in [0.1, 0.15) is 23.2 Å². The lowest BCUT2D eigenvalue weighted by Gasteiger charge is -2.11. The molecule has 3 heterocycles. The summed E-state index contributed by atoms with van der Waals surface area (Å²) in [4.78, 5) is 13.5. The number of hydrogen-bond acceptors (Lipinski definition) is 4. The fourth-order valence-corrected chi connectivity index (χ4v) is 4.67. The second-order valence-electron chi connectivity index (χ2n) is 6.94. The molecule has 1 aliphatic heterocycles. The van der Waals surface area contributed by atoms with Crippen LogP contribution >= 0.6 is 11.3 Å². The van der Waals surface area contributed by atoms with E-state index >= 15 is 0 Å². The van der Waals surface area contributed by atoms with Crippen molar-refractivity contribution in [3.63, 3.8) is 0 Å². The predicted molar refractivity (Wildman–Crippen MR) is 108 cm³/mol. The summed E-state index contributed by atoms with van der Waals surface area (Å²) in [5.41, 5.74) is 1.32. The van der Waals surface area contributed by atoms with Gasteiger partial charge < -0.3 is 10.1 Å². The Kier molecular flexibility index (Phi) is 4.33. The van der Waals surface area contributed by atoms with Crippen LogP contribution in [0, 0.1) is 5.82 Å². The summed E-state index contributed by atoms with van der Waals surface area (Å²) >= 11 is 1.62. The molecule has 0 saturated carbocycles. The van der Waals surface area contributed by atoms with Gasteiger partial charge in [-0.1, -0.05) is 18.2 Å². The first-order chi connectivity index (χ1) is 13.7. The number of nitrogens with one attached hydrogen (secondary N) is 2. The molecular formula is C21H18FN3O2S. The minimum atomic E-state index is -0.566. The van der Waals surface area contributed by atoms with E-state index in [1.165, 1.54) is 6.07 Å². The van der Waals surface area contributed by atoms with Gasteiger partial charge in [-0.25, -0.2) is 4.39 Å². The lowest BCUT2D eigenvalue weighted by atomic mass is 10.1. The Balaban J connectivity index is 1.49. The molecule has 1 saturated heterocycles. The second kappa shape index (κ2) is 7.00. The van der Waals surface area contributed by atoms with Gasteiger partial charge in [-0.05, 0) is 36.4 Å². The van der Waals surface area contributed by atoms with Crippen molar-refractivity contribution in [2.75, 3.05) is 13.2 Å². The van der Waals surface area contributed by atoms with E-state index in [1.54, 1.807) is 17.4 Å². The van der Waals surface area contributed by atoms with Crippen LogP contribution in [-0.4, -0.2) is 35.4 Å². The highest BCUT2D eigenvalue weighted by Gasteiger charge is 2.20. The van der Waals surface area contributed by atoms with Crippen LogP contribution in [0.15, 0.2) is 42.5 Å². The standard InChI is InChI=1S/C21H18FN3O2S/c22-16-10-17-15(9-14(16)21(26)23-11-13-5-3-7-27-13)20(25-24-17)19-8-12-4-1-2-6-18(12)28-19/h1-2,4,6,8-10,13H,3,5,7,11H2,(H,23,26)(H,24,25). The zero-order chi connectivity index (χ0) is 19.1. The third kappa shape index (κ3) is 3.06. The second-order valence-corrected chi connectivity index (χ2v) is 8.03. The molecule has 0 bridgehead atoms. The van der Waals surface area contributed by atoms with Crippen LogP contribution in [0.25, 0.3) is 31.6 Å². The van der Waals surface area contributed by atoms with Crippen molar-refractivity contribution in [2.45, 2.75) is 18.9 Å². The molecule has 1 fully saturated rings. The van der Waals surface area contributed by atoms with Gasteiger partial charge in [0.05, 0.1) is 22.1 Å². The normalized spacial score (nSPS) is 16.8. The Morgan fingerprint density at radius 3 is 3.04 bits per heavy atom. The lowest BCUT2D eigenvalue weighted by Crippen LogP contribution is -2.32. The number of nitrogens with zero attached hydrogens (tertiary/aromatic N) is 1. The zero-order valence-corrected chi connectivity index (χ0v) is 15.8. The van der Waals surface area contributed by atoms with E-state index in [9.17, 15) is 9.18 Å². The highest BCUT2D eigenvalue weighted by Crippen LogP contribution is 2.36. The van der Waals surface area contributed by atoms with Crippen LogP contribution in [-0.2, 0) is 4.74 Å². The number of H-pyrrole nitrogens is 1. The molecule has 2 N–H and O–H groups in total. The van der Waals surface area contributed by atoms with E-state index < -0.39 is 11.7 Å². The van der Waals surface area contributed by atoms with E-state index in [2.05, 4.69) is 27.6 Å². The number of amides is 1.